The van der Waals surface area contributed by atoms with Crippen molar-refractivity contribution >= 4 is 5.82 Å². The topological polar surface area (TPSA) is 81.3 Å². The standard InChI is InChI=1S/C12H13N3O2/c1-8-11(13)14-7-15-12(8)17-10-4-2-3-9(5-10)6-16/h2-5,7,16H,6H2,1H3,(H2,13,14,15). The van der Waals surface area contributed by atoms with E-state index < -0.39 is 0 Å². The van der Waals surface area contributed by atoms with Crippen molar-refractivity contribution in [2.45, 2.75) is 13.5 Å². The molecule has 0 saturated carbocycles. The quantitative estimate of drug-likeness (QED) is 0.839. The van der Waals surface area contributed by atoms with E-state index in [9.17, 15) is 0 Å². The van der Waals surface area contributed by atoms with Crippen LogP contribution < -0.4 is 10.5 Å². The van der Waals surface area contributed by atoms with Crippen LogP contribution >= 0.6 is 0 Å². The molecule has 0 aliphatic heterocycles. The Balaban J connectivity index is 2.28. The van der Waals surface area contributed by atoms with Crippen molar-refractivity contribution in [1.82, 2.24) is 9.97 Å². The van der Waals surface area contributed by atoms with E-state index in [1.807, 2.05) is 6.07 Å². The summed E-state index contributed by atoms with van der Waals surface area (Å²) in [5, 5.41) is 9.03. The molecule has 0 spiro atoms. The summed E-state index contributed by atoms with van der Waals surface area (Å²) in [5.74, 6) is 1.43. The van der Waals surface area contributed by atoms with Gasteiger partial charge in [0, 0.05) is 0 Å². The first kappa shape index (κ1) is 11.3. The molecule has 0 aliphatic rings. The van der Waals surface area contributed by atoms with Gasteiger partial charge in [-0.15, -0.1) is 0 Å². The highest BCUT2D eigenvalue weighted by atomic mass is 16.5. The highest BCUT2D eigenvalue weighted by Crippen LogP contribution is 2.25. The van der Waals surface area contributed by atoms with Gasteiger partial charge in [0.05, 0.1) is 12.2 Å². The molecule has 5 nitrogen and oxygen atoms in total. The molecular weight excluding hydrogens is 218 g/mol. The second-order valence-corrected chi connectivity index (χ2v) is 3.60. The highest BCUT2D eigenvalue weighted by Gasteiger charge is 2.06. The predicted octanol–water partition coefficient (Wildman–Crippen LogP) is 1.65. The van der Waals surface area contributed by atoms with Crippen LogP contribution in [0.1, 0.15) is 11.1 Å². The molecule has 0 fully saturated rings. The number of aliphatic hydroxyl groups excluding tert-OH is 1. The minimum absolute atomic E-state index is 0.0257. The van der Waals surface area contributed by atoms with E-state index in [2.05, 4.69) is 9.97 Å². The number of aliphatic hydroxyl groups is 1. The molecule has 0 unspecified atom stereocenters. The van der Waals surface area contributed by atoms with E-state index in [-0.39, 0.29) is 6.61 Å². The number of hydrogen-bond acceptors (Lipinski definition) is 5. The summed E-state index contributed by atoms with van der Waals surface area (Å²) >= 11 is 0. The van der Waals surface area contributed by atoms with E-state index >= 15 is 0 Å². The van der Waals surface area contributed by atoms with Gasteiger partial charge in [-0.2, -0.15) is 0 Å². The van der Waals surface area contributed by atoms with E-state index in [0.29, 0.717) is 23.0 Å². The Morgan fingerprint density at radius 2 is 2.18 bits per heavy atom. The minimum Gasteiger partial charge on any atom is -0.439 e. The first-order valence-electron chi connectivity index (χ1n) is 5.15. The molecule has 17 heavy (non-hydrogen) atoms. The largest absolute Gasteiger partial charge is 0.439 e. The number of aromatic nitrogens is 2. The third-order valence-corrected chi connectivity index (χ3v) is 2.37. The zero-order valence-electron chi connectivity index (χ0n) is 9.42. The third kappa shape index (κ3) is 2.51. The average molecular weight is 231 g/mol. The summed E-state index contributed by atoms with van der Waals surface area (Å²) in [4.78, 5) is 7.88. The fourth-order valence-corrected chi connectivity index (χ4v) is 1.37. The van der Waals surface area contributed by atoms with E-state index in [1.54, 1.807) is 25.1 Å². The molecule has 1 aromatic carbocycles. The van der Waals surface area contributed by atoms with E-state index in [1.165, 1.54) is 6.33 Å². The summed E-state index contributed by atoms with van der Waals surface area (Å²) in [7, 11) is 0. The summed E-state index contributed by atoms with van der Waals surface area (Å²) < 4.78 is 5.59. The summed E-state index contributed by atoms with van der Waals surface area (Å²) in [6, 6.07) is 7.16. The van der Waals surface area contributed by atoms with Crippen LogP contribution in [-0.2, 0) is 6.61 Å². The predicted molar refractivity (Wildman–Crippen MR) is 63.6 cm³/mol. The Hall–Kier alpha value is -2.14. The van der Waals surface area contributed by atoms with Crippen LogP contribution in [0.5, 0.6) is 11.6 Å². The van der Waals surface area contributed by atoms with Gasteiger partial charge in [0.25, 0.3) is 0 Å². The molecule has 1 heterocycles. The first-order valence-corrected chi connectivity index (χ1v) is 5.15. The monoisotopic (exact) mass is 231 g/mol. The zero-order chi connectivity index (χ0) is 12.3. The van der Waals surface area contributed by atoms with Gasteiger partial charge in [0.2, 0.25) is 5.88 Å². The summed E-state index contributed by atoms with van der Waals surface area (Å²) in [5.41, 5.74) is 7.14. The number of anilines is 1. The van der Waals surface area contributed by atoms with Gasteiger partial charge in [-0.05, 0) is 24.6 Å². The van der Waals surface area contributed by atoms with Gasteiger partial charge in [0.1, 0.15) is 17.9 Å². The second-order valence-electron chi connectivity index (χ2n) is 3.60. The fourth-order valence-electron chi connectivity index (χ4n) is 1.37. The Labute approximate surface area is 98.9 Å². The molecule has 2 rings (SSSR count). The average Bonchev–Trinajstić information content (AvgIpc) is 2.35. The number of ether oxygens (including phenoxy) is 1. The molecular formula is C12H13N3O2. The van der Waals surface area contributed by atoms with Gasteiger partial charge in [-0.25, -0.2) is 9.97 Å². The number of benzene rings is 1. The number of nitrogen functional groups attached to an aromatic ring is 1. The van der Waals surface area contributed by atoms with Crippen molar-refractivity contribution in [2.75, 3.05) is 5.73 Å². The summed E-state index contributed by atoms with van der Waals surface area (Å²) in [6.07, 6.45) is 1.35. The molecule has 0 radical (unpaired) electrons. The van der Waals surface area contributed by atoms with Crippen LogP contribution in [0.2, 0.25) is 0 Å². The molecule has 2 aromatic rings. The minimum atomic E-state index is -0.0257. The maximum Gasteiger partial charge on any atom is 0.227 e. The van der Waals surface area contributed by atoms with Crippen molar-refractivity contribution in [1.29, 1.82) is 0 Å². The number of hydrogen-bond donors (Lipinski definition) is 2. The normalized spacial score (nSPS) is 10.2. The van der Waals surface area contributed by atoms with Crippen LogP contribution in [0.4, 0.5) is 5.82 Å². The second kappa shape index (κ2) is 4.80. The molecule has 0 bridgehead atoms. The molecule has 1 aromatic heterocycles. The van der Waals surface area contributed by atoms with Crippen molar-refractivity contribution in [3.8, 4) is 11.6 Å². The maximum absolute atomic E-state index is 9.03. The van der Waals surface area contributed by atoms with Crippen LogP contribution in [-0.4, -0.2) is 15.1 Å². The number of nitrogens with zero attached hydrogens (tertiary/aromatic N) is 2. The van der Waals surface area contributed by atoms with Crippen molar-refractivity contribution in [3.63, 3.8) is 0 Å². The van der Waals surface area contributed by atoms with Gasteiger partial charge in [0.15, 0.2) is 0 Å². The van der Waals surface area contributed by atoms with Gasteiger partial charge < -0.3 is 15.6 Å². The maximum atomic E-state index is 9.03. The van der Waals surface area contributed by atoms with Crippen molar-refractivity contribution in [2.24, 2.45) is 0 Å². The molecule has 3 N–H and O–H groups in total. The Kier molecular flexibility index (Phi) is 3.20. The van der Waals surface area contributed by atoms with Crippen LogP contribution in [0, 0.1) is 6.92 Å². The molecule has 0 aliphatic carbocycles. The van der Waals surface area contributed by atoms with Crippen LogP contribution in [0.3, 0.4) is 0 Å². The Bertz CT molecular complexity index is 529. The Morgan fingerprint density at radius 3 is 2.94 bits per heavy atom. The Morgan fingerprint density at radius 1 is 1.35 bits per heavy atom. The number of rotatable bonds is 3. The lowest BCUT2D eigenvalue weighted by Gasteiger charge is -2.08. The lowest BCUT2D eigenvalue weighted by molar-refractivity contribution is 0.281. The van der Waals surface area contributed by atoms with E-state index in [4.69, 9.17) is 15.6 Å². The first-order chi connectivity index (χ1) is 8.20. The van der Waals surface area contributed by atoms with Crippen molar-refractivity contribution < 1.29 is 9.84 Å². The smallest absolute Gasteiger partial charge is 0.227 e. The van der Waals surface area contributed by atoms with Crippen LogP contribution in [0.15, 0.2) is 30.6 Å². The molecule has 0 amide bonds. The van der Waals surface area contributed by atoms with E-state index in [0.717, 1.165) is 5.56 Å². The molecule has 5 heteroatoms. The molecule has 0 atom stereocenters. The SMILES string of the molecule is Cc1c(N)ncnc1Oc1cccc(CO)c1. The van der Waals surface area contributed by atoms with Gasteiger partial charge in [-0.1, -0.05) is 12.1 Å². The zero-order valence-corrected chi connectivity index (χ0v) is 9.42. The van der Waals surface area contributed by atoms with Crippen LogP contribution in [0.25, 0.3) is 0 Å². The fraction of sp³-hybridized carbons (Fsp3) is 0.167. The molecule has 0 saturated heterocycles. The summed E-state index contributed by atoms with van der Waals surface area (Å²) in [6.45, 7) is 1.77. The van der Waals surface area contributed by atoms with Gasteiger partial charge >= 0.3 is 0 Å². The molecule has 88 valence electrons. The number of nitrogens with two attached hydrogens (primary N) is 1. The van der Waals surface area contributed by atoms with Crippen molar-refractivity contribution in [3.05, 3.63) is 41.7 Å². The lowest BCUT2D eigenvalue weighted by Crippen LogP contribution is -1.99. The highest BCUT2D eigenvalue weighted by molar-refractivity contribution is 5.45. The lowest BCUT2D eigenvalue weighted by atomic mass is 10.2. The third-order valence-electron chi connectivity index (χ3n) is 2.37. The van der Waals surface area contributed by atoms with Gasteiger partial charge in [-0.3, -0.25) is 0 Å².